The Bertz CT molecular complexity index is 918. The number of H-pyrrole nitrogens is 1. The molecule has 1 fully saturated rings. The normalized spacial score (nSPS) is 17.0. The van der Waals surface area contributed by atoms with Crippen molar-refractivity contribution >= 4 is 5.91 Å². The van der Waals surface area contributed by atoms with Gasteiger partial charge in [-0.1, -0.05) is 19.3 Å². The number of pyridine rings is 1. The van der Waals surface area contributed by atoms with Crippen molar-refractivity contribution in [2.45, 2.75) is 70.3 Å². The Labute approximate surface area is 170 Å². The van der Waals surface area contributed by atoms with Crippen molar-refractivity contribution in [1.82, 2.24) is 25.8 Å². The monoisotopic (exact) mass is 395 g/mol. The topological polar surface area (TPSA) is 99.8 Å². The number of fused-ring (bicyclic) bond motifs is 1. The van der Waals surface area contributed by atoms with Crippen LogP contribution in [-0.2, 0) is 19.3 Å². The van der Waals surface area contributed by atoms with E-state index in [1.54, 1.807) is 6.20 Å². The maximum atomic E-state index is 12.5. The summed E-state index contributed by atoms with van der Waals surface area (Å²) in [6.07, 6.45) is 12.3. The third kappa shape index (κ3) is 4.90. The number of aromatic nitrogens is 3. The molecule has 0 aromatic carbocycles. The van der Waals surface area contributed by atoms with Gasteiger partial charge in [-0.25, -0.2) is 5.10 Å². The average Bonchev–Trinajstić information content (AvgIpc) is 2.77. The van der Waals surface area contributed by atoms with E-state index in [-0.39, 0.29) is 11.5 Å². The van der Waals surface area contributed by atoms with Crippen molar-refractivity contribution in [1.29, 1.82) is 0 Å². The summed E-state index contributed by atoms with van der Waals surface area (Å²) >= 11 is 0. The molecular weight excluding hydrogens is 366 g/mol. The maximum Gasteiger partial charge on any atom is 0.270 e. The van der Waals surface area contributed by atoms with Crippen LogP contribution >= 0.6 is 0 Å². The van der Waals surface area contributed by atoms with Gasteiger partial charge in [-0.3, -0.25) is 19.9 Å². The van der Waals surface area contributed by atoms with Gasteiger partial charge in [0.1, 0.15) is 5.69 Å². The molecule has 0 saturated heterocycles. The van der Waals surface area contributed by atoms with Gasteiger partial charge in [-0.05, 0) is 61.8 Å². The molecular formula is C22H29N5O2. The van der Waals surface area contributed by atoms with E-state index >= 15 is 0 Å². The molecule has 154 valence electrons. The summed E-state index contributed by atoms with van der Waals surface area (Å²) in [5, 5.41) is 13.3. The van der Waals surface area contributed by atoms with Crippen molar-refractivity contribution in [3.8, 4) is 0 Å². The zero-order valence-electron chi connectivity index (χ0n) is 16.8. The second-order valence-electron chi connectivity index (χ2n) is 8.11. The predicted octanol–water partition coefficient (Wildman–Crippen LogP) is 2.24. The highest BCUT2D eigenvalue weighted by molar-refractivity contribution is 5.92. The Morgan fingerprint density at radius 2 is 1.90 bits per heavy atom. The first-order valence-electron chi connectivity index (χ1n) is 10.8. The van der Waals surface area contributed by atoms with Gasteiger partial charge < -0.3 is 5.32 Å². The van der Waals surface area contributed by atoms with Crippen molar-refractivity contribution in [3.05, 3.63) is 56.8 Å². The number of nitrogens with zero attached hydrogens (tertiary/aromatic N) is 2. The summed E-state index contributed by atoms with van der Waals surface area (Å²) in [7, 11) is 0. The minimum atomic E-state index is -0.174. The van der Waals surface area contributed by atoms with Crippen LogP contribution in [0.1, 0.15) is 77.8 Å². The first kappa shape index (κ1) is 19.8. The van der Waals surface area contributed by atoms with Gasteiger partial charge in [-0.2, -0.15) is 5.10 Å². The van der Waals surface area contributed by atoms with E-state index in [9.17, 15) is 9.59 Å². The fraction of sp³-hybridized carbons (Fsp3) is 0.545. The lowest BCUT2D eigenvalue weighted by Gasteiger charge is -2.22. The highest BCUT2D eigenvalue weighted by Crippen LogP contribution is 2.22. The van der Waals surface area contributed by atoms with Gasteiger partial charge in [0.15, 0.2) is 0 Å². The molecule has 1 amide bonds. The number of carbonyl (C=O) groups excluding carboxylic acids is 1. The molecule has 2 aliphatic carbocycles. The number of amides is 1. The molecule has 7 heteroatoms. The second-order valence-corrected chi connectivity index (χ2v) is 8.11. The third-order valence-electron chi connectivity index (χ3n) is 6.06. The van der Waals surface area contributed by atoms with Crippen molar-refractivity contribution in [3.63, 3.8) is 0 Å². The molecule has 0 bridgehead atoms. The number of aromatic amines is 1. The van der Waals surface area contributed by atoms with Crippen molar-refractivity contribution in [2.24, 2.45) is 0 Å². The minimum Gasteiger partial charge on any atom is -0.338 e. The molecule has 0 unspecified atom stereocenters. The van der Waals surface area contributed by atoms with E-state index in [1.807, 2.05) is 12.1 Å². The van der Waals surface area contributed by atoms with Gasteiger partial charge in [-0.15, -0.1) is 0 Å². The van der Waals surface area contributed by atoms with Crippen molar-refractivity contribution in [2.75, 3.05) is 6.67 Å². The van der Waals surface area contributed by atoms with Gasteiger partial charge in [0.2, 0.25) is 0 Å². The third-order valence-corrected chi connectivity index (χ3v) is 6.06. The van der Waals surface area contributed by atoms with E-state index in [1.165, 1.54) is 32.1 Å². The molecule has 1 saturated carbocycles. The molecule has 2 aliphatic rings. The summed E-state index contributed by atoms with van der Waals surface area (Å²) < 4.78 is 0. The van der Waals surface area contributed by atoms with E-state index in [2.05, 4.69) is 25.8 Å². The molecule has 0 aliphatic heterocycles. The number of hydrogen-bond donors (Lipinski definition) is 3. The number of hydrogen-bond acceptors (Lipinski definition) is 5. The summed E-state index contributed by atoms with van der Waals surface area (Å²) in [5.74, 6) is -0.174. The van der Waals surface area contributed by atoms with Gasteiger partial charge >= 0.3 is 0 Å². The first-order chi connectivity index (χ1) is 14.2. The van der Waals surface area contributed by atoms with Crippen molar-refractivity contribution < 1.29 is 4.79 Å². The lowest BCUT2D eigenvalue weighted by Crippen LogP contribution is -2.40. The average molecular weight is 396 g/mol. The SMILES string of the molecule is O=C(NCNC1CCCCC1)c1cc(Cc2n[nH]c(=O)c3c2CCCC3)ccn1. The summed E-state index contributed by atoms with van der Waals surface area (Å²) in [5.41, 5.74) is 4.17. The van der Waals surface area contributed by atoms with Crippen LogP contribution in [0.3, 0.4) is 0 Å². The minimum absolute atomic E-state index is 0.0660. The van der Waals surface area contributed by atoms with Crippen LogP contribution in [0.2, 0.25) is 0 Å². The van der Waals surface area contributed by atoms with Crippen LogP contribution in [0.5, 0.6) is 0 Å². The van der Waals surface area contributed by atoms with E-state index in [0.717, 1.165) is 48.1 Å². The summed E-state index contributed by atoms with van der Waals surface area (Å²) in [6, 6.07) is 4.22. The van der Waals surface area contributed by atoms with Crippen LogP contribution in [0.4, 0.5) is 0 Å². The number of nitrogens with one attached hydrogen (secondary N) is 3. The molecule has 0 atom stereocenters. The molecule has 2 aromatic heterocycles. The zero-order valence-corrected chi connectivity index (χ0v) is 16.8. The number of rotatable bonds is 6. The van der Waals surface area contributed by atoms with Crippen LogP contribution in [0.25, 0.3) is 0 Å². The largest absolute Gasteiger partial charge is 0.338 e. The molecule has 4 rings (SSSR count). The Morgan fingerprint density at radius 3 is 2.72 bits per heavy atom. The second kappa shape index (κ2) is 9.31. The zero-order chi connectivity index (χ0) is 20.1. The highest BCUT2D eigenvalue weighted by atomic mass is 16.2. The molecule has 0 spiro atoms. The standard InChI is InChI=1S/C22H29N5O2/c28-21-18-9-5-4-8-17(18)19(26-27-21)12-15-10-11-23-20(13-15)22(29)25-14-24-16-6-2-1-3-7-16/h10-11,13,16,24H,1-9,12,14H2,(H,25,29)(H,27,28). The quantitative estimate of drug-likeness (QED) is 0.652. The molecule has 7 nitrogen and oxygen atoms in total. The lowest BCUT2D eigenvalue weighted by molar-refractivity contribution is 0.0943. The molecule has 2 aromatic rings. The van der Waals surface area contributed by atoms with E-state index in [0.29, 0.717) is 24.8 Å². The summed E-state index contributed by atoms with van der Waals surface area (Å²) in [4.78, 5) is 28.8. The lowest BCUT2D eigenvalue weighted by atomic mass is 9.90. The van der Waals surface area contributed by atoms with E-state index < -0.39 is 0 Å². The predicted molar refractivity (Wildman–Crippen MR) is 111 cm³/mol. The smallest absolute Gasteiger partial charge is 0.270 e. The van der Waals surface area contributed by atoms with Crippen LogP contribution in [0, 0.1) is 0 Å². The van der Waals surface area contributed by atoms with Gasteiger partial charge in [0, 0.05) is 24.2 Å². The Balaban J connectivity index is 1.40. The molecule has 29 heavy (non-hydrogen) atoms. The Hall–Kier alpha value is -2.54. The Kier molecular flexibility index (Phi) is 6.34. The van der Waals surface area contributed by atoms with Crippen LogP contribution < -0.4 is 16.2 Å². The first-order valence-corrected chi connectivity index (χ1v) is 10.8. The van der Waals surface area contributed by atoms with E-state index in [4.69, 9.17) is 0 Å². The van der Waals surface area contributed by atoms with Crippen LogP contribution in [0.15, 0.2) is 23.1 Å². The molecule has 2 heterocycles. The Morgan fingerprint density at radius 1 is 1.10 bits per heavy atom. The van der Waals surface area contributed by atoms with Gasteiger partial charge in [0.25, 0.3) is 11.5 Å². The molecule has 3 N–H and O–H groups in total. The number of carbonyl (C=O) groups is 1. The van der Waals surface area contributed by atoms with Crippen LogP contribution in [-0.4, -0.2) is 33.8 Å². The summed E-state index contributed by atoms with van der Waals surface area (Å²) in [6.45, 7) is 0.463. The fourth-order valence-corrected chi connectivity index (χ4v) is 4.45. The molecule has 0 radical (unpaired) electrons. The fourth-order valence-electron chi connectivity index (χ4n) is 4.45. The van der Waals surface area contributed by atoms with Gasteiger partial charge in [0.05, 0.1) is 12.4 Å². The highest BCUT2D eigenvalue weighted by Gasteiger charge is 2.18. The maximum absolute atomic E-state index is 12.5.